The van der Waals surface area contributed by atoms with Gasteiger partial charge in [-0.3, -0.25) is 0 Å². The summed E-state index contributed by atoms with van der Waals surface area (Å²) >= 11 is 0. The second-order valence-corrected chi connectivity index (χ2v) is 5.39. The van der Waals surface area contributed by atoms with E-state index in [1.165, 1.54) is 12.1 Å². The lowest BCUT2D eigenvalue weighted by Gasteiger charge is -2.09. The number of benzene rings is 1. The molecule has 0 aliphatic carbocycles. The third-order valence-electron chi connectivity index (χ3n) is 1.72. The zero-order chi connectivity index (χ0) is 10.8. The van der Waals surface area contributed by atoms with Crippen LogP contribution in [0.15, 0.2) is 24.3 Å². The molecule has 1 unspecified atom stereocenters. The molecule has 0 saturated carbocycles. The predicted molar refractivity (Wildman–Crippen MR) is 52.8 cm³/mol. The van der Waals surface area contributed by atoms with Crippen LogP contribution < -0.4 is 0 Å². The van der Waals surface area contributed by atoms with Crippen LogP contribution in [0.5, 0.6) is 5.75 Å². The summed E-state index contributed by atoms with van der Waals surface area (Å²) < 4.78 is 21.8. The van der Waals surface area contributed by atoms with Gasteiger partial charge in [-0.1, -0.05) is 12.1 Å². The van der Waals surface area contributed by atoms with E-state index in [0.29, 0.717) is 5.56 Å². The van der Waals surface area contributed by atoms with E-state index in [1.54, 1.807) is 12.1 Å². The molecule has 78 valence electrons. The molecular formula is C9H12O4S. The van der Waals surface area contributed by atoms with Gasteiger partial charge >= 0.3 is 0 Å². The van der Waals surface area contributed by atoms with Gasteiger partial charge in [0.15, 0.2) is 0 Å². The van der Waals surface area contributed by atoms with Gasteiger partial charge in [-0.15, -0.1) is 0 Å². The summed E-state index contributed by atoms with van der Waals surface area (Å²) in [6.07, 6.45) is -0.0314. The maximum Gasteiger partial charge on any atom is 0.150 e. The van der Waals surface area contributed by atoms with Crippen LogP contribution in [0.3, 0.4) is 0 Å². The van der Waals surface area contributed by atoms with Crippen molar-refractivity contribution in [2.24, 2.45) is 0 Å². The van der Waals surface area contributed by atoms with Crippen LogP contribution in [0.1, 0.15) is 11.7 Å². The third kappa shape index (κ3) is 3.35. The highest BCUT2D eigenvalue weighted by molar-refractivity contribution is 7.90. The second kappa shape index (κ2) is 3.98. The van der Waals surface area contributed by atoms with Crippen molar-refractivity contribution in [2.75, 3.05) is 12.0 Å². The van der Waals surface area contributed by atoms with Crippen LogP contribution >= 0.6 is 0 Å². The van der Waals surface area contributed by atoms with Crippen molar-refractivity contribution in [3.05, 3.63) is 29.8 Å². The molecule has 4 nitrogen and oxygen atoms in total. The van der Waals surface area contributed by atoms with Gasteiger partial charge < -0.3 is 10.2 Å². The van der Waals surface area contributed by atoms with Gasteiger partial charge in [0, 0.05) is 6.26 Å². The van der Waals surface area contributed by atoms with E-state index in [9.17, 15) is 13.5 Å². The fourth-order valence-electron chi connectivity index (χ4n) is 1.12. The van der Waals surface area contributed by atoms with Crippen LogP contribution in [0.4, 0.5) is 0 Å². The average Bonchev–Trinajstić information content (AvgIpc) is 2.01. The van der Waals surface area contributed by atoms with Crippen LogP contribution in [-0.4, -0.2) is 30.6 Å². The normalized spacial score (nSPS) is 13.9. The van der Waals surface area contributed by atoms with Crippen LogP contribution in [0, 0.1) is 0 Å². The SMILES string of the molecule is CS(=O)(=O)CC(O)c1cccc(O)c1. The molecule has 0 amide bonds. The highest BCUT2D eigenvalue weighted by Gasteiger charge is 2.14. The highest BCUT2D eigenvalue weighted by Crippen LogP contribution is 2.19. The Kier molecular flexibility index (Phi) is 3.13. The second-order valence-electron chi connectivity index (χ2n) is 3.20. The zero-order valence-corrected chi connectivity index (χ0v) is 8.53. The number of aliphatic hydroxyl groups is 1. The number of phenolic OH excluding ortho intramolecular Hbond substituents is 1. The lowest BCUT2D eigenvalue weighted by Crippen LogP contribution is -2.12. The van der Waals surface area contributed by atoms with Crippen molar-refractivity contribution in [3.8, 4) is 5.75 Å². The summed E-state index contributed by atoms with van der Waals surface area (Å²) in [6.45, 7) is 0. The summed E-state index contributed by atoms with van der Waals surface area (Å²) in [6, 6.07) is 5.91. The minimum Gasteiger partial charge on any atom is -0.508 e. The Bertz CT molecular complexity index is 411. The monoisotopic (exact) mass is 216 g/mol. The number of aromatic hydroxyl groups is 1. The molecule has 0 saturated heterocycles. The van der Waals surface area contributed by atoms with Gasteiger partial charge in [0.25, 0.3) is 0 Å². The van der Waals surface area contributed by atoms with Crippen LogP contribution in [0.2, 0.25) is 0 Å². The Morgan fingerprint density at radius 1 is 1.43 bits per heavy atom. The van der Waals surface area contributed by atoms with Crippen molar-refractivity contribution in [3.63, 3.8) is 0 Å². The molecule has 1 atom stereocenters. The largest absolute Gasteiger partial charge is 0.508 e. The van der Waals surface area contributed by atoms with Crippen molar-refractivity contribution in [1.82, 2.24) is 0 Å². The van der Waals surface area contributed by atoms with Gasteiger partial charge in [-0.2, -0.15) is 0 Å². The van der Waals surface area contributed by atoms with Crippen molar-refractivity contribution in [1.29, 1.82) is 0 Å². The molecule has 0 aliphatic rings. The van der Waals surface area contributed by atoms with E-state index in [0.717, 1.165) is 6.26 Å². The number of hydrogen-bond donors (Lipinski definition) is 2. The Labute approximate surface area is 82.7 Å². The molecule has 5 heteroatoms. The quantitative estimate of drug-likeness (QED) is 0.770. The molecule has 0 fully saturated rings. The zero-order valence-electron chi connectivity index (χ0n) is 7.71. The van der Waals surface area contributed by atoms with E-state index in [1.807, 2.05) is 0 Å². The van der Waals surface area contributed by atoms with Crippen LogP contribution in [-0.2, 0) is 9.84 Å². The number of sulfone groups is 1. The average molecular weight is 216 g/mol. The van der Waals surface area contributed by atoms with E-state index >= 15 is 0 Å². The fourth-order valence-corrected chi connectivity index (χ4v) is 1.88. The van der Waals surface area contributed by atoms with Crippen molar-refractivity contribution >= 4 is 9.84 Å². The molecule has 1 aromatic carbocycles. The summed E-state index contributed by atoms with van der Waals surface area (Å²) in [7, 11) is -3.22. The van der Waals surface area contributed by atoms with E-state index in [-0.39, 0.29) is 11.5 Å². The molecule has 0 aromatic heterocycles. The third-order valence-corrected chi connectivity index (χ3v) is 2.64. The molecule has 0 spiro atoms. The highest BCUT2D eigenvalue weighted by atomic mass is 32.2. The maximum absolute atomic E-state index is 10.9. The first-order valence-electron chi connectivity index (χ1n) is 4.03. The number of aliphatic hydroxyl groups excluding tert-OH is 1. The summed E-state index contributed by atoms with van der Waals surface area (Å²) in [5, 5.41) is 18.6. The van der Waals surface area contributed by atoms with Gasteiger partial charge in [0.2, 0.25) is 0 Å². The molecular weight excluding hydrogens is 204 g/mol. The molecule has 14 heavy (non-hydrogen) atoms. The smallest absolute Gasteiger partial charge is 0.150 e. The van der Waals surface area contributed by atoms with Gasteiger partial charge in [0.05, 0.1) is 11.9 Å². The van der Waals surface area contributed by atoms with Crippen molar-refractivity contribution < 1.29 is 18.6 Å². The number of rotatable bonds is 3. The number of hydrogen-bond acceptors (Lipinski definition) is 4. The van der Waals surface area contributed by atoms with Gasteiger partial charge in [0.1, 0.15) is 15.6 Å². The Hall–Kier alpha value is -1.07. The molecule has 0 radical (unpaired) electrons. The minimum atomic E-state index is -3.22. The summed E-state index contributed by atoms with van der Waals surface area (Å²) in [5.41, 5.74) is 0.399. The topological polar surface area (TPSA) is 74.6 Å². The van der Waals surface area contributed by atoms with E-state index < -0.39 is 15.9 Å². The van der Waals surface area contributed by atoms with Crippen LogP contribution in [0.25, 0.3) is 0 Å². The molecule has 0 bridgehead atoms. The predicted octanol–water partition coefficient (Wildman–Crippen LogP) is 0.470. The lowest BCUT2D eigenvalue weighted by molar-refractivity contribution is 0.201. The Morgan fingerprint density at radius 2 is 2.07 bits per heavy atom. The lowest BCUT2D eigenvalue weighted by atomic mass is 10.1. The first kappa shape index (κ1) is 11.0. The minimum absolute atomic E-state index is 0.00931. The van der Waals surface area contributed by atoms with Gasteiger partial charge in [-0.05, 0) is 17.7 Å². The first-order valence-corrected chi connectivity index (χ1v) is 6.09. The van der Waals surface area contributed by atoms with Crippen molar-refractivity contribution in [2.45, 2.75) is 6.10 Å². The fraction of sp³-hybridized carbons (Fsp3) is 0.333. The summed E-state index contributed by atoms with van der Waals surface area (Å²) in [5.74, 6) is -0.328. The standard InChI is InChI=1S/C9H12O4S/c1-14(12,13)6-9(11)7-3-2-4-8(10)5-7/h2-5,9-11H,6H2,1H3. The summed E-state index contributed by atoms with van der Waals surface area (Å²) in [4.78, 5) is 0. The molecule has 2 N–H and O–H groups in total. The molecule has 0 heterocycles. The van der Waals surface area contributed by atoms with E-state index in [4.69, 9.17) is 5.11 Å². The molecule has 1 rings (SSSR count). The maximum atomic E-state index is 10.9. The Morgan fingerprint density at radius 3 is 2.57 bits per heavy atom. The van der Waals surface area contributed by atoms with E-state index in [2.05, 4.69) is 0 Å². The first-order chi connectivity index (χ1) is 6.38. The molecule has 0 aliphatic heterocycles. The number of phenols is 1. The Balaban J connectivity index is 2.85. The molecule has 1 aromatic rings. The van der Waals surface area contributed by atoms with Gasteiger partial charge in [-0.25, -0.2) is 8.42 Å².